The fraction of sp³-hybridized carbons (Fsp3) is 0.500. The van der Waals surface area contributed by atoms with Gasteiger partial charge in [0.05, 0.1) is 11.0 Å². The van der Waals surface area contributed by atoms with Crippen LogP contribution in [0.25, 0.3) is 11.0 Å². The Kier molecular flexibility index (Phi) is 2.86. The number of rotatable bonds is 2. The van der Waals surface area contributed by atoms with Crippen molar-refractivity contribution in [2.75, 3.05) is 0 Å². The molecule has 0 saturated heterocycles. The summed E-state index contributed by atoms with van der Waals surface area (Å²) in [6.07, 6.45) is 0.930. The van der Waals surface area contributed by atoms with Crippen LogP contribution in [0.3, 0.4) is 0 Å². The largest absolute Gasteiger partial charge is 0.508 e. The molecule has 1 heterocycles. The minimum Gasteiger partial charge on any atom is -0.508 e. The number of aromatic hydroxyl groups is 1. The van der Waals surface area contributed by atoms with E-state index in [2.05, 4.69) is 37.7 Å². The average molecular weight is 232 g/mol. The topological polar surface area (TPSA) is 48.9 Å². The monoisotopic (exact) mass is 232 g/mol. The summed E-state index contributed by atoms with van der Waals surface area (Å²) >= 11 is 0. The summed E-state index contributed by atoms with van der Waals surface area (Å²) in [5, 5.41) is 9.40. The Morgan fingerprint density at radius 1 is 1.35 bits per heavy atom. The van der Waals surface area contributed by atoms with Crippen molar-refractivity contribution in [2.45, 2.75) is 34.1 Å². The number of H-pyrrole nitrogens is 1. The van der Waals surface area contributed by atoms with Gasteiger partial charge >= 0.3 is 0 Å². The number of aromatic amines is 1. The van der Waals surface area contributed by atoms with Crippen molar-refractivity contribution in [2.24, 2.45) is 11.3 Å². The summed E-state index contributed by atoms with van der Waals surface area (Å²) in [6, 6.07) is 5.22. The van der Waals surface area contributed by atoms with E-state index in [9.17, 15) is 5.11 Å². The van der Waals surface area contributed by atoms with E-state index >= 15 is 0 Å². The van der Waals surface area contributed by atoms with E-state index in [1.807, 2.05) is 6.07 Å². The zero-order valence-corrected chi connectivity index (χ0v) is 10.9. The van der Waals surface area contributed by atoms with Crippen LogP contribution in [-0.2, 0) is 6.42 Å². The second kappa shape index (κ2) is 4.06. The normalized spacial score (nSPS) is 14.1. The molecule has 1 aromatic heterocycles. The number of phenolic OH excluding ortho intramolecular Hbond substituents is 1. The number of fused-ring (bicyclic) bond motifs is 1. The Morgan fingerprint density at radius 2 is 2.06 bits per heavy atom. The minimum atomic E-state index is 0.275. The standard InChI is InChI=1S/C14H20N2O/c1-9(14(2,3)4)7-13-15-11-6-5-10(17)8-12(11)16-13/h5-6,8-9,17H,7H2,1-4H3,(H,15,16). The molecular weight excluding hydrogens is 212 g/mol. The summed E-state index contributed by atoms with van der Waals surface area (Å²) in [6.45, 7) is 8.97. The predicted octanol–water partition coefficient (Wildman–Crippen LogP) is 3.49. The van der Waals surface area contributed by atoms with Crippen molar-refractivity contribution >= 4 is 11.0 Å². The molecule has 0 amide bonds. The molecule has 2 rings (SSSR count). The molecular formula is C14H20N2O. The van der Waals surface area contributed by atoms with Gasteiger partial charge < -0.3 is 10.1 Å². The van der Waals surface area contributed by atoms with Crippen LogP contribution in [0, 0.1) is 11.3 Å². The van der Waals surface area contributed by atoms with Crippen molar-refractivity contribution in [3.63, 3.8) is 0 Å². The lowest BCUT2D eigenvalue weighted by Crippen LogP contribution is -2.19. The molecule has 1 unspecified atom stereocenters. The Morgan fingerprint density at radius 3 is 2.71 bits per heavy atom. The van der Waals surface area contributed by atoms with Crippen LogP contribution >= 0.6 is 0 Å². The van der Waals surface area contributed by atoms with Crippen molar-refractivity contribution in [3.8, 4) is 5.75 Å². The van der Waals surface area contributed by atoms with Gasteiger partial charge in [-0.05, 0) is 23.5 Å². The first-order valence-corrected chi connectivity index (χ1v) is 6.04. The van der Waals surface area contributed by atoms with E-state index in [0.717, 1.165) is 23.3 Å². The van der Waals surface area contributed by atoms with E-state index in [1.165, 1.54) is 0 Å². The van der Waals surface area contributed by atoms with Crippen molar-refractivity contribution < 1.29 is 5.11 Å². The zero-order chi connectivity index (χ0) is 12.6. The molecule has 0 bridgehead atoms. The molecule has 0 aliphatic heterocycles. The smallest absolute Gasteiger partial charge is 0.117 e. The minimum absolute atomic E-state index is 0.275. The molecule has 0 spiro atoms. The van der Waals surface area contributed by atoms with Crippen LogP contribution < -0.4 is 0 Å². The van der Waals surface area contributed by atoms with Gasteiger partial charge in [-0.1, -0.05) is 27.7 Å². The summed E-state index contributed by atoms with van der Waals surface area (Å²) in [4.78, 5) is 7.81. The van der Waals surface area contributed by atoms with Crippen LogP contribution in [0.4, 0.5) is 0 Å². The van der Waals surface area contributed by atoms with Gasteiger partial charge in [-0.15, -0.1) is 0 Å². The number of benzene rings is 1. The summed E-state index contributed by atoms with van der Waals surface area (Å²) in [7, 11) is 0. The van der Waals surface area contributed by atoms with Crippen LogP contribution in [0.1, 0.15) is 33.5 Å². The van der Waals surface area contributed by atoms with Crippen molar-refractivity contribution in [1.82, 2.24) is 9.97 Å². The Hall–Kier alpha value is -1.51. The number of nitrogens with zero attached hydrogens (tertiary/aromatic N) is 1. The molecule has 3 heteroatoms. The Balaban J connectivity index is 2.25. The van der Waals surface area contributed by atoms with Gasteiger partial charge in [-0.2, -0.15) is 0 Å². The summed E-state index contributed by atoms with van der Waals surface area (Å²) in [5.74, 6) is 1.82. The van der Waals surface area contributed by atoms with E-state index < -0.39 is 0 Å². The molecule has 0 aliphatic carbocycles. The van der Waals surface area contributed by atoms with E-state index in [0.29, 0.717) is 5.92 Å². The Bertz CT molecular complexity index is 522. The van der Waals surface area contributed by atoms with Crippen LogP contribution in [0.15, 0.2) is 18.2 Å². The van der Waals surface area contributed by atoms with Gasteiger partial charge in [-0.3, -0.25) is 0 Å². The molecule has 1 atom stereocenters. The fourth-order valence-corrected chi connectivity index (χ4v) is 1.74. The van der Waals surface area contributed by atoms with Gasteiger partial charge in [0, 0.05) is 12.5 Å². The highest BCUT2D eigenvalue weighted by molar-refractivity contribution is 5.76. The SMILES string of the molecule is CC(Cc1nc2ccc(O)cc2[nH]1)C(C)(C)C. The number of nitrogens with one attached hydrogen (secondary N) is 1. The van der Waals surface area contributed by atoms with Crippen LogP contribution in [0.5, 0.6) is 5.75 Å². The summed E-state index contributed by atoms with van der Waals surface area (Å²) < 4.78 is 0. The second-order valence-corrected chi connectivity index (χ2v) is 5.86. The molecule has 0 fully saturated rings. The number of hydrogen-bond acceptors (Lipinski definition) is 2. The first-order chi connectivity index (χ1) is 7.86. The van der Waals surface area contributed by atoms with Gasteiger partial charge in [0.1, 0.15) is 11.6 Å². The average Bonchev–Trinajstić information content (AvgIpc) is 2.57. The third-order valence-corrected chi connectivity index (χ3v) is 3.49. The lowest BCUT2D eigenvalue weighted by atomic mass is 9.80. The van der Waals surface area contributed by atoms with Gasteiger partial charge in [0.25, 0.3) is 0 Å². The van der Waals surface area contributed by atoms with E-state index in [1.54, 1.807) is 12.1 Å². The second-order valence-electron chi connectivity index (χ2n) is 5.86. The van der Waals surface area contributed by atoms with Gasteiger partial charge in [0.15, 0.2) is 0 Å². The first-order valence-electron chi connectivity index (χ1n) is 6.04. The molecule has 3 nitrogen and oxygen atoms in total. The maximum atomic E-state index is 9.40. The highest BCUT2D eigenvalue weighted by Crippen LogP contribution is 2.28. The Labute approximate surface area is 102 Å². The van der Waals surface area contributed by atoms with E-state index in [-0.39, 0.29) is 11.2 Å². The third-order valence-electron chi connectivity index (χ3n) is 3.49. The number of imidazole rings is 1. The summed E-state index contributed by atoms with van der Waals surface area (Å²) in [5.41, 5.74) is 2.10. The van der Waals surface area contributed by atoms with Crippen LogP contribution in [-0.4, -0.2) is 15.1 Å². The number of phenols is 1. The zero-order valence-electron chi connectivity index (χ0n) is 10.9. The maximum Gasteiger partial charge on any atom is 0.117 e. The predicted molar refractivity (Wildman–Crippen MR) is 70.1 cm³/mol. The molecule has 2 N–H and O–H groups in total. The fourth-order valence-electron chi connectivity index (χ4n) is 1.74. The number of hydrogen-bond donors (Lipinski definition) is 2. The quantitative estimate of drug-likeness (QED) is 0.832. The van der Waals surface area contributed by atoms with Crippen molar-refractivity contribution in [3.05, 3.63) is 24.0 Å². The lowest BCUT2D eigenvalue weighted by Gasteiger charge is -2.26. The molecule has 1 aromatic carbocycles. The molecule has 17 heavy (non-hydrogen) atoms. The van der Waals surface area contributed by atoms with Gasteiger partial charge in [-0.25, -0.2) is 4.98 Å². The third kappa shape index (κ3) is 2.60. The van der Waals surface area contributed by atoms with Crippen LogP contribution in [0.2, 0.25) is 0 Å². The van der Waals surface area contributed by atoms with Gasteiger partial charge in [0.2, 0.25) is 0 Å². The lowest BCUT2D eigenvalue weighted by molar-refractivity contribution is 0.257. The maximum absolute atomic E-state index is 9.40. The highest BCUT2D eigenvalue weighted by atomic mass is 16.3. The van der Waals surface area contributed by atoms with E-state index in [4.69, 9.17) is 0 Å². The molecule has 0 saturated carbocycles. The van der Waals surface area contributed by atoms with Crippen molar-refractivity contribution in [1.29, 1.82) is 0 Å². The molecule has 2 aromatic rings. The highest BCUT2D eigenvalue weighted by Gasteiger charge is 2.21. The molecule has 0 radical (unpaired) electrons. The first kappa shape index (κ1) is 12.0. The molecule has 0 aliphatic rings. The molecule has 92 valence electrons. The number of aromatic nitrogens is 2.